The van der Waals surface area contributed by atoms with Gasteiger partial charge in [0.15, 0.2) is 5.75 Å². The third-order valence-corrected chi connectivity index (χ3v) is 5.11. The third-order valence-electron chi connectivity index (χ3n) is 5.11. The highest BCUT2D eigenvalue weighted by Gasteiger charge is 2.31. The van der Waals surface area contributed by atoms with Gasteiger partial charge in [-0.05, 0) is 37.1 Å². The van der Waals surface area contributed by atoms with Gasteiger partial charge in [0, 0.05) is 13.1 Å². The summed E-state index contributed by atoms with van der Waals surface area (Å²) in [7, 11) is 1.17. The van der Waals surface area contributed by atoms with Crippen LogP contribution < -0.4 is 10.1 Å². The van der Waals surface area contributed by atoms with Crippen molar-refractivity contribution in [2.45, 2.75) is 19.5 Å². The Morgan fingerprint density at radius 3 is 2.56 bits per heavy atom. The summed E-state index contributed by atoms with van der Waals surface area (Å²) in [5.41, 5.74) is -0.0734. The molecule has 1 aliphatic heterocycles. The Hall–Kier alpha value is -3.69. The molecule has 32 heavy (non-hydrogen) atoms. The van der Waals surface area contributed by atoms with Gasteiger partial charge in [0.25, 0.3) is 5.91 Å². The number of anilines is 1. The number of likely N-dealkylation sites (tertiary alicyclic amines) is 1. The molecule has 1 heterocycles. The summed E-state index contributed by atoms with van der Waals surface area (Å²) in [4.78, 5) is 38.8. The molecule has 0 saturated carbocycles. The van der Waals surface area contributed by atoms with Crippen molar-refractivity contribution in [2.75, 3.05) is 25.5 Å². The number of nitrogens with zero attached hydrogens (tertiary/aromatic N) is 1. The summed E-state index contributed by atoms with van der Waals surface area (Å²) in [5, 5.41) is 12.9. The number of carbonyl (C=O) groups is 3. The molecular formula is C22H22F2N2O6. The average molecular weight is 448 g/mol. The van der Waals surface area contributed by atoms with E-state index in [4.69, 9.17) is 0 Å². The van der Waals surface area contributed by atoms with Crippen LogP contribution in [0.25, 0.3) is 0 Å². The smallest absolute Gasteiger partial charge is 0.387 e. The molecule has 3 rings (SSSR count). The number of aromatic hydroxyl groups is 1. The summed E-state index contributed by atoms with van der Waals surface area (Å²) in [6.45, 7) is -2.66. The van der Waals surface area contributed by atoms with Crippen LogP contribution in [0.15, 0.2) is 42.5 Å². The molecule has 0 radical (unpaired) electrons. The molecule has 1 fully saturated rings. The predicted octanol–water partition coefficient (Wildman–Crippen LogP) is 3.27. The number of esters is 1. The SMILES string of the molecule is COC(=O)c1cccc(NC(=O)C2CCCN(C(=O)c3ccccc3OC(F)F)C2)c1O. The quantitative estimate of drug-likeness (QED) is 0.519. The Morgan fingerprint density at radius 1 is 1.12 bits per heavy atom. The number of piperidine rings is 1. The molecule has 0 aliphatic carbocycles. The number of methoxy groups -OCH3 is 1. The number of phenolic OH excluding ortho intramolecular Hbond substituents is 1. The van der Waals surface area contributed by atoms with E-state index in [1.165, 1.54) is 54.5 Å². The number of halogens is 2. The highest BCUT2D eigenvalue weighted by Crippen LogP contribution is 2.30. The van der Waals surface area contributed by atoms with Gasteiger partial charge in [-0.1, -0.05) is 18.2 Å². The summed E-state index contributed by atoms with van der Waals surface area (Å²) in [6, 6.07) is 9.97. The van der Waals surface area contributed by atoms with Crippen LogP contribution in [0.3, 0.4) is 0 Å². The summed E-state index contributed by atoms with van der Waals surface area (Å²) >= 11 is 0. The Labute approximate surface area is 182 Å². The first kappa shape index (κ1) is 23.0. The lowest BCUT2D eigenvalue weighted by Gasteiger charge is -2.32. The highest BCUT2D eigenvalue weighted by atomic mass is 19.3. The van der Waals surface area contributed by atoms with E-state index < -0.39 is 36.1 Å². The van der Waals surface area contributed by atoms with Crippen molar-refractivity contribution >= 4 is 23.5 Å². The van der Waals surface area contributed by atoms with Gasteiger partial charge in [0.2, 0.25) is 5.91 Å². The van der Waals surface area contributed by atoms with Gasteiger partial charge in [-0.3, -0.25) is 9.59 Å². The Bertz CT molecular complexity index is 1010. The van der Waals surface area contributed by atoms with Crippen molar-refractivity contribution in [3.05, 3.63) is 53.6 Å². The van der Waals surface area contributed by atoms with Gasteiger partial charge < -0.3 is 24.8 Å². The van der Waals surface area contributed by atoms with Crippen LogP contribution in [0.1, 0.15) is 33.6 Å². The Kier molecular flexibility index (Phi) is 7.24. The van der Waals surface area contributed by atoms with Crippen LogP contribution in [0.4, 0.5) is 14.5 Å². The number of benzene rings is 2. The number of hydrogen-bond donors (Lipinski definition) is 2. The average Bonchev–Trinajstić information content (AvgIpc) is 2.79. The van der Waals surface area contributed by atoms with Gasteiger partial charge in [-0.15, -0.1) is 0 Å². The molecule has 10 heteroatoms. The topological polar surface area (TPSA) is 105 Å². The van der Waals surface area contributed by atoms with Crippen molar-refractivity contribution in [1.29, 1.82) is 0 Å². The number of para-hydroxylation sites is 2. The maximum atomic E-state index is 12.9. The van der Waals surface area contributed by atoms with Crippen molar-refractivity contribution in [1.82, 2.24) is 4.90 Å². The lowest BCUT2D eigenvalue weighted by molar-refractivity contribution is -0.121. The van der Waals surface area contributed by atoms with Crippen LogP contribution in [0.2, 0.25) is 0 Å². The minimum atomic E-state index is -3.07. The predicted molar refractivity (Wildman–Crippen MR) is 110 cm³/mol. The highest BCUT2D eigenvalue weighted by molar-refractivity contribution is 6.00. The van der Waals surface area contributed by atoms with Crippen LogP contribution in [0.5, 0.6) is 11.5 Å². The first-order valence-corrected chi connectivity index (χ1v) is 9.86. The van der Waals surface area contributed by atoms with Crippen LogP contribution >= 0.6 is 0 Å². The van der Waals surface area contributed by atoms with E-state index in [-0.39, 0.29) is 29.1 Å². The van der Waals surface area contributed by atoms with E-state index in [1.807, 2.05) is 0 Å². The number of nitrogens with one attached hydrogen (secondary N) is 1. The molecule has 1 atom stereocenters. The molecule has 1 unspecified atom stereocenters. The van der Waals surface area contributed by atoms with Gasteiger partial charge in [0.05, 0.1) is 24.3 Å². The second-order valence-corrected chi connectivity index (χ2v) is 7.15. The molecule has 0 bridgehead atoms. The molecule has 1 saturated heterocycles. The Morgan fingerprint density at radius 2 is 1.84 bits per heavy atom. The van der Waals surface area contributed by atoms with Crippen molar-refractivity contribution in [3.8, 4) is 11.5 Å². The first-order chi connectivity index (χ1) is 15.3. The van der Waals surface area contributed by atoms with Crippen LogP contribution in [-0.2, 0) is 9.53 Å². The fourth-order valence-corrected chi connectivity index (χ4v) is 3.54. The maximum absolute atomic E-state index is 12.9. The summed E-state index contributed by atoms with van der Waals surface area (Å²) in [6.07, 6.45) is 1.01. The standard InChI is InChI=1S/C22H22F2N2O6/c1-31-21(30)15-8-4-9-16(18(15)27)25-19(28)13-6-5-11-26(12-13)20(29)14-7-2-3-10-17(14)32-22(23)24/h2-4,7-10,13,22,27H,5-6,11-12H2,1H3,(H,25,28). The molecule has 2 N–H and O–H groups in total. The van der Waals surface area contributed by atoms with Gasteiger partial charge in [-0.25, -0.2) is 4.79 Å². The zero-order valence-electron chi connectivity index (χ0n) is 17.2. The van der Waals surface area contributed by atoms with Crippen LogP contribution in [0, 0.1) is 5.92 Å². The summed E-state index contributed by atoms with van der Waals surface area (Å²) in [5.74, 6) is -2.97. The fraction of sp³-hybridized carbons (Fsp3) is 0.318. The molecule has 8 nitrogen and oxygen atoms in total. The summed E-state index contributed by atoms with van der Waals surface area (Å²) < 4.78 is 34.4. The molecule has 2 aromatic rings. The number of alkyl halides is 2. The fourth-order valence-electron chi connectivity index (χ4n) is 3.54. The molecule has 0 aromatic heterocycles. The maximum Gasteiger partial charge on any atom is 0.387 e. The molecule has 0 spiro atoms. The normalized spacial score (nSPS) is 15.9. The molecule has 1 aliphatic rings. The molecule has 170 valence electrons. The molecular weight excluding hydrogens is 426 g/mol. The lowest BCUT2D eigenvalue weighted by atomic mass is 9.96. The van der Waals surface area contributed by atoms with Crippen molar-refractivity contribution < 1.29 is 37.7 Å². The zero-order valence-corrected chi connectivity index (χ0v) is 17.2. The van der Waals surface area contributed by atoms with E-state index in [0.717, 1.165) is 0 Å². The minimum absolute atomic E-state index is 0.0164. The Balaban J connectivity index is 1.72. The number of carbonyl (C=O) groups excluding carboxylic acids is 3. The van der Waals surface area contributed by atoms with E-state index in [9.17, 15) is 28.3 Å². The van der Waals surface area contributed by atoms with Gasteiger partial charge >= 0.3 is 12.6 Å². The second-order valence-electron chi connectivity index (χ2n) is 7.15. The number of hydrogen-bond acceptors (Lipinski definition) is 6. The van der Waals surface area contributed by atoms with E-state index in [0.29, 0.717) is 19.4 Å². The molecule has 2 amide bonds. The van der Waals surface area contributed by atoms with Gasteiger partial charge in [0.1, 0.15) is 11.3 Å². The van der Waals surface area contributed by atoms with E-state index in [2.05, 4.69) is 14.8 Å². The lowest BCUT2D eigenvalue weighted by Crippen LogP contribution is -2.43. The largest absolute Gasteiger partial charge is 0.505 e. The van der Waals surface area contributed by atoms with E-state index in [1.54, 1.807) is 0 Å². The zero-order chi connectivity index (χ0) is 23.3. The minimum Gasteiger partial charge on any atom is -0.505 e. The number of rotatable bonds is 6. The number of amides is 2. The number of ether oxygens (including phenoxy) is 2. The van der Waals surface area contributed by atoms with Gasteiger partial charge in [-0.2, -0.15) is 8.78 Å². The van der Waals surface area contributed by atoms with Crippen molar-refractivity contribution in [3.63, 3.8) is 0 Å². The van der Waals surface area contributed by atoms with Crippen molar-refractivity contribution in [2.24, 2.45) is 5.92 Å². The molecule has 2 aromatic carbocycles. The third kappa shape index (κ3) is 5.13. The van der Waals surface area contributed by atoms with E-state index >= 15 is 0 Å². The second kappa shape index (κ2) is 10.1. The monoisotopic (exact) mass is 448 g/mol. The van der Waals surface area contributed by atoms with Crippen LogP contribution in [-0.4, -0.2) is 54.6 Å². The number of phenols is 1. The first-order valence-electron chi connectivity index (χ1n) is 9.86.